The molecule has 3 nitrogen and oxygen atoms in total. The van der Waals surface area contributed by atoms with Crippen molar-refractivity contribution in [3.63, 3.8) is 0 Å². The van der Waals surface area contributed by atoms with Gasteiger partial charge >= 0.3 is 0 Å². The van der Waals surface area contributed by atoms with E-state index in [1.807, 2.05) is 6.92 Å². The number of benzene rings is 1. The van der Waals surface area contributed by atoms with Crippen LogP contribution in [0.1, 0.15) is 23.7 Å². The van der Waals surface area contributed by atoms with Crippen LogP contribution < -0.4 is 10.5 Å². The molecule has 1 aromatic carbocycles. The Morgan fingerprint density at radius 1 is 1.53 bits per heavy atom. The van der Waals surface area contributed by atoms with Crippen molar-refractivity contribution in [3.05, 3.63) is 28.3 Å². The molecule has 1 rings (SSSR count). The normalized spacial score (nSPS) is 12.6. The summed E-state index contributed by atoms with van der Waals surface area (Å²) in [7, 11) is 1.57. The van der Waals surface area contributed by atoms with Crippen molar-refractivity contribution >= 4 is 11.6 Å². The van der Waals surface area contributed by atoms with Gasteiger partial charge < -0.3 is 15.6 Å². The van der Waals surface area contributed by atoms with Gasteiger partial charge in [0.15, 0.2) is 0 Å². The highest BCUT2D eigenvalue weighted by Crippen LogP contribution is 2.33. The van der Waals surface area contributed by atoms with Gasteiger partial charge in [-0.2, -0.15) is 0 Å². The van der Waals surface area contributed by atoms with Gasteiger partial charge in [0.25, 0.3) is 0 Å². The molecular formula is C11H16ClNO2. The number of hydrogen-bond acceptors (Lipinski definition) is 3. The van der Waals surface area contributed by atoms with Crippen LogP contribution in [0.3, 0.4) is 0 Å². The molecule has 84 valence electrons. The molecule has 0 aliphatic carbocycles. The number of ether oxygens (including phenoxy) is 1. The first-order chi connectivity index (χ1) is 7.11. The summed E-state index contributed by atoms with van der Waals surface area (Å²) < 4.78 is 5.19. The summed E-state index contributed by atoms with van der Waals surface area (Å²) in [6.07, 6.45) is -0.124. The summed E-state index contributed by atoms with van der Waals surface area (Å²) in [4.78, 5) is 0. The summed E-state index contributed by atoms with van der Waals surface area (Å²) in [5, 5.41) is 10.5. The quantitative estimate of drug-likeness (QED) is 0.831. The minimum atomic E-state index is -0.622. The molecule has 0 saturated carbocycles. The molecule has 0 fully saturated rings. The molecule has 0 bridgehead atoms. The molecule has 3 N–H and O–H groups in total. The minimum absolute atomic E-state index is 0.427. The van der Waals surface area contributed by atoms with Gasteiger partial charge in [0.05, 0.1) is 13.2 Å². The standard InChI is InChI=1S/C11H16ClNO2/c1-7-8(12)3-4-10(15-2)11(7)9(14)5-6-13/h3-4,9,14H,5-6,13H2,1-2H3. The molecule has 0 aliphatic heterocycles. The number of aliphatic hydroxyl groups is 1. The lowest BCUT2D eigenvalue weighted by Crippen LogP contribution is -2.09. The number of methoxy groups -OCH3 is 1. The Morgan fingerprint density at radius 3 is 2.73 bits per heavy atom. The number of rotatable bonds is 4. The zero-order chi connectivity index (χ0) is 11.4. The molecule has 0 saturated heterocycles. The molecule has 0 heterocycles. The molecule has 0 radical (unpaired) electrons. The highest BCUT2D eigenvalue weighted by molar-refractivity contribution is 6.31. The van der Waals surface area contributed by atoms with Gasteiger partial charge in [0, 0.05) is 10.6 Å². The average Bonchev–Trinajstić information content (AvgIpc) is 2.22. The predicted molar refractivity (Wildman–Crippen MR) is 61.4 cm³/mol. The maximum atomic E-state index is 9.92. The SMILES string of the molecule is COc1ccc(Cl)c(C)c1C(O)CCN. The van der Waals surface area contributed by atoms with Crippen LogP contribution in [0.4, 0.5) is 0 Å². The lowest BCUT2D eigenvalue weighted by atomic mass is 10.00. The van der Waals surface area contributed by atoms with Crippen LogP contribution in [-0.2, 0) is 0 Å². The van der Waals surface area contributed by atoms with E-state index in [1.165, 1.54) is 0 Å². The van der Waals surface area contributed by atoms with Gasteiger partial charge in [0.2, 0.25) is 0 Å². The second-order valence-corrected chi connectivity index (χ2v) is 3.79. The zero-order valence-electron chi connectivity index (χ0n) is 8.96. The molecule has 4 heteroatoms. The highest BCUT2D eigenvalue weighted by atomic mass is 35.5. The Labute approximate surface area is 94.8 Å². The first-order valence-electron chi connectivity index (χ1n) is 4.83. The first-order valence-corrected chi connectivity index (χ1v) is 5.20. The predicted octanol–water partition coefficient (Wildman–Crippen LogP) is 2.04. The fourth-order valence-corrected chi connectivity index (χ4v) is 1.74. The van der Waals surface area contributed by atoms with Gasteiger partial charge in [-0.25, -0.2) is 0 Å². The lowest BCUT2D eigenvalue weighted by Gasteiger charge is -2.17. The van der Waals surface area contributed by atoms with Crippen molar-refractivity contribution in [2.24, 2.45) is 5.73 Å². The Kier molecular flexibility index (Phi) is 4.39. The monoisotopic (exact) mass is 229 g/mol. The maximum absolute atomic E-state index is 9.92. The fourth-order valence-electron chi connectivity index (χ4n) is 1.57. The first kappa shape index (κ1) is 12.3. The number of halogens is 1. The Morgan fingerprint density at radius 2 is 2.20 bits per heavy atom. The largest absolute Gasteiger partial charge is 0.496 e. The van der Waals surface area contributed by atoms with Gasteiger partial charge in [-0.1, -0.05) is 11.6 Å². The van der Waals surface area contributed by atoms with Crippen LogP contribution in [0.15, 0.2) is 12.1 Å². The third-order valence-electron chi connectivity index (χ3n) is 2.40. The molecule has 1 unspecified atom stereocenters. The van der Waals surface area contributed by atoms with Crippen LogP contribution in [0.5, 0.6) is 5.75 Å². The number of nitrogens with two attached hydrogens (primary N) is 1. The van der Waals surface area contributed by atoms with E-state index >= 15 is 0 Å². The topological polar surface area (TPSA) is 55.5 Å². The average molecular weight is 230 g/mol. The van der Waals surface area contributed by atoms with Gasteiger partial charge in [-0.05, 0) is 37.6 Å². The molecular weight excluding hydrogens is 214 g/mol. The molecule has 1 atom stereocenters. The molecule has 0 spiro atoms. The van der Waals surface area contributed by atoms with Crippen molar-refractivity contribution in [1.82, 2.24) is 0 Å². The third kappa shape index (κ3) is 2.62. The Hall–Kier alpha value is -0.770. The minimum Gasteiger partial charge on any atom is -0.496 e. The molecule has 1 aromatic rings. The van der Waals surface area contributed by atoms with E-state index in [0.717, 1.165) is 11.1 Å². The molecule has 15 heavy (non-hydrogen) atoms. The summed E-state index contributed by atoms with van der Waals surface area (Å²) in [6, 6.07) is 3.51. The molecule has 0 amide bonds. The smallest absolute Gasteiger partial charge is 0.125 e. The van der Waals surface area contributed by atoms with Crippen LogP contribution in [0.2, 0.25) is 5.02 Å². The van der Waals surface area contributed by atoms with E-state index in [4.69, 9.17) is 22.1 Å². The van der Waals surface area contributed by atoms with E-state index in [2.05, 4.69) is 0 Å². The van der Waals surface area contributed by atoms with Crippen LogP contribution >= 0.6 is 11.6 Å². The Balaban J connectivity index is 3.17. The Bertz CT molecular complexity index is 342. The summed E-state index contributed by atoms with van der Waals surface area (Å²) >= 11 is 5.99. The third-order valence-corrected chi connectivity index (χ3v) is 2.81. The maximum Gasteiger partial charge on any atom is 0.125 e. The van der Waals surface area contributed by atoms with Gasteiger partial charge in [-0.15, -0.1) is 0 Å². The van der Waals surface area contributed by atoms with E-state index in [0.29, 0.717) is 23.7 Å². The van der Waals surface area contributed by atoms with Crippen molar-refractivity contribution in [2.45, 2.75) is 19.4 Å². The molecule has 0 aliphatic rings. The van der Waals surface area contributed by atoms with Crippen LogP contribution in [0, 0.1) is 6.92 Å². The second-order valence-electron chi connectivity index (χ2n) is 3.38. The van der Waals surface area contributed by atoms with E-state index in [-0.39, 0.29) is 0 Å². The summed E-state index contributed by atoms with van der Waals surface area (Å²) in [6.45, 7) is 2.29. The molecule has 0 aromatic heterocycles. The van der Waals surface area contributed by atoms with E-state index in [9.17, 15) is 5.11 Å². The van der Waals surface area contributed by atoms with Crippen molar-refractivity contribution in [2.75, 3.05) is 13.7 Å². The number of hydrogen-bond donors (Lipinski definition) is 2. The van der Waals surface area contributed by atoms with Crippen molar-refractivity contribution < 1.29 is 9.84 Å². The fraction of sp³-hybridized carbons (Fsp3) is 0.455. The van der Waals surface area contributed by atoms with Gasteiger partial charge in [0.1, 0.15) is 5.75 Å². The van der Waals surface area contributed by atoms with Crippen LogP contribution in [-0.4, -0.2) is 18.8 Å². The second kappa shape index (κ2) is 5.35. The zero-order valence-corrected chi connectivity index (χ0v) is 9.71. The van der Waals surface area contributed by atoms with Crippen molar-refractivity contribution in [1.29, 1.82) is 0 Å². The number of aliphatic hydroxyl groups excluding tert-OH is 1. The lowest BCUT2D eigenvalue weighted by molar-refractivity contribution is 0.165. The van der Waals surface area contributed by atoms with Gasteiger partial charge in [-0.3, -0.25) is 0 Å². The van der Waals surface area contributed by atoms with Crippen LogP contribution in [0.25, 0.3) is 0 Å². The van der Waals surface area contributed by atoms with E-state index < -0.39 is 6.10 Å². The van der Waals surface area contributed by atoms with Crippen molar-refractivity contribution in [3.8, 4) is 5.75 Å². The summed E-state index contributed by atoms with van der Waals surface area (Å²) in [5.74, 6) is 0.651. The highest BCUT2D eigenvalue weighted by Gasteiger charge is 2.17. The summed E-state index contributed by atoms with van der Waals surface area (Å²) in [5.41, 5.74) is 6.99. The van der Waals surface area contributed by atoms with E-state index in [1.54, 1.807) is 19.2 Å².